The predicted molar refractivity (Wildman–Crippen MR) is 68.6 cm³/mol. The van der Waals surface area contributed by atoms with Crippen LogP contribution >= 0.6 is 23.2 Å². The first-order chi connectivity index (χ1) is 8.38. The third kappa shape index (κ3) is 3.15. The Labute approximate surface area is 114 Å². The van der Waals surface area contributed by atoms with Gasteiger partial charge >= 0.3 is 11.9 Å². The molecule has 0 aliphatic carbocycles. The monoisotopic (exact) mass is 290 g/mol. The molecule has 1 rings (SSSR count). The average Bonchev–Trinajstić information content (AvgIpc) is 2.30. The standard InChI is InChI=1S/C12H12Cl2O4/c1-3-6(2)18-12(17)10-8(14)5-4-7(13)9(10)11(15)16/h4-6H,3H2,1-2H3,(H,15,16). The molecular weight excluding hydrogens is 279 g/mol. The number of aromatic carboxylic acids is 1. The smallest absolute Gasteiger partial charge is 0.340 e. The molecule has 0 radical (unpaired) electrons. The maximum atomic E-state index is 11.9. The molecule has 4 nitrogen and oxygen atoms in total. The Morgan fingerprint density at radius 3 is 2.22 bits per heavy atom. The number of halogens is 2. The van der Waals surface area contributed by atoms with Crippen LogP contribution < -0.4 is 0 Å². The van der Waals surface area contributed by atoms with Crippen molar-refractivity contribution in [2.45, 2.75) is 26.4 Å². The number of hydrogen-bond acceptors (Lipinski definition) is 3. The van der Waals surface area contributed by atoms with Crippen LogP contribution in [0.5, 0.6) is 0 Å². The highest BCUT2D eigenvalue weighted by molar-refractivity contribution is 6.38. The van der Waals surface area contributed by atoms with E-state index in [0.717, 1.165) is 0 Å². The lowest BCUT2D eigenvalue weighted by molar-refractivity contribution is 0.0328. The van der Waals surface area contributed by atoms with E-state index in [0.29, 0.717) is 6.42 Å². The average molecular weight is 291 g/mol. The van der Waals surface area contributed by atoms with Gasteiger partial charge in [-0.2, -0.15) is 0 Å². The number of carboxylic acids is 1. The van der Waals surface area contributed by atoms with E-state index < -0.39 is 11.9 Å². The number of ether oxygens (including phenoxy) is 1. The normalized spacial score (nSPS) is 12.0. The Morgan fingerprint density at radius 1 is 1.28 bits per heavy atom. The molecule has 1 N–H and O–H groups in total. The summed E-state index contributed by atoms with van der Waals surface area (Å²) in [5, 5.41) is 9.01. The van der Waals surface area contributed by atoms with E-state index in [1.165, 1.54) is 12.1 Å². The summed E-state index contributed by atoms with van der Waals surface area (Å²) >= 11 is 11.6. The van der Waals surface area contributed by atoms with Crippen molar-refractivity contribution in [3.8, 4) is 0 Å². The fourth-order valence-corrected chi connectivity index (χ4v) is 1.76. The molecule has 0 bridgehead atoms. The second kappa shape index (κ2) is 6.07. The highest BCUT2D eigenvalue weighted by Crippen LogP contribution is 2.28. The second-order valence-electron chi connectivity index (χ2n) is 3.71. The van der Waals surface area contributed by atoms with E-state index in [2.05, 4.69) is 0 Å². The van der Waals surface area contributed by atoms with Crippen LogP contribution in [0.15, 0.2) is 12.1 Å². The van der Waals surface area contributed by atoms with Crippen molar-refractivity contribution in [3.63, 3.8) is 0 Å². The third-order valence-corrected chi connectivity index (χ3v) is 3.03. The molecule has 0 aromatic heterocycles. The van der Waals surface area contributed by atoms with Crippen molar-refractivity contribution >= 4 is 35.1 Å². The summed E-state index contributed by atoms with van der Waals surface area (Å²) in [6.45, 7) is 3.55. The highest BCUT2D eigenvalue weighted by Gasteiger charge is 2.25. The summed E-state index contributed by atoms with van der Waals surface area (Å²) < 4.78 is 5.07. The van der Waals surface area contributed by atoms with E-state index >= 15 is 0 Å². The minimum atomic E-state index is -1.32. The lowest BCUT2D eigenvalue weighted by Gasteiger charge is -2.13. The lowest BCUT2D eigenvalue weighted by atomic mass is 10.1. The number of esters is 1. The molecule has 0 aliphatic heterocycles. The number of rotatable bonds is 4. The Hall–Kier alpha value is -1.26. The number of carboxylic acid groups (broad SMARTS) is 1. The molecule has 98 valence electrons. The van der Waals surface area contributed by atoms with Crippen molar-refractivity contribution in [2.24, 2.45) is 0 Å². The van der Waals surface area contributed by atoms with Crippen molar-refractivity contribution < 1.29 is 19.4 Å². The Kier molecular flexibility index (Phi) is 4.99. The van der Waals surface area contributed by atoms with Crippen molar-refractivity contribution in [1.29, 1.82) is 0 Å². The Bertz CT molecular complexity index is 485. The first-order valence-electron chi connectivity index (χ1n) is 5.30. The van der Waals surface area contributed by atoms with Gasteiger partial charge in [-0.15, -0.1) is 0 Å². The molecule has 1 aromatic rings. The van der Waals surface area contributed by atoms with Gasteiger partial charge in [-0.3, -0.25) is 0 Å². The van der Waals surface area contributed by atoms with Crippen LogP contribution in [-0.2, 0) is 4.74 Å². The minimum Gasteiger partial charge on any atom is -0.478 e. The molecule has 1 aromatic carbocycles. The van der Waals surface area contributed by atoms with Crippen LogP contribution in [-0.4, -0.2) is 23.1 Å². The number of carbonyl (C=O) groups excluding carboxylic acids is 1. The zero-order chi connectivity index (χ0) is 13.9. The van der Waals surface area contributed by atoms with Gasteiger partial charge in [0.15, 0.2) is 0 Å². The number of carbonyl (C=O) groups is 2. The SMILES string of the molecule is CCC(C)OC(=O)c1c(Cl)ccc(Cl)c1C(=O)O. The summed E-state index contributed by atoms with van der Waals surface area (Å²) in [6.07, 6.45) is 0.293. The third-order valence-electron chi connectivity index (χ3n) is 2.40. The minimum absolute atomic E-state index is 0.00473. The summed E-state index contributed by atoms with van der Waals surface area (Å²) in [7, 11) is 0. The Balaban J connectivity index is 3.26. The topological polar surface area (TPSA) is 63.6 Å². The van der Waals surface area contributed by atoms with E-state index in [1.54, 1.807) is 6.92 Å². The highest BCUT2D eigenvalue weighted by atomic mass is 35.5. The zero-order valence-electron chi connectivity index (χ0n) is 9.87. The van der Waals surface area contributed by atoms with Gasteiger partial charge < -0.3 is 9.84 Å². The van der Waals surface area contributed by atoms with Gasteiger partial charge in [0.2, 0.25) is 0 Å². The molecule has 0 heterocycles. The van der Waals surface area contributed by atoms with Gasteiger partial charge in [-0.05, 0) is 25.5 Å². The molecular formula is C12H12Cl2O4. The molecule has 0 spiro atoms. The summed E-state index contributed by atoms with van der Waals surface area (Å²) in [6, 6.07) is 2.69. The summed E-state index contributed by atoms with van der Waals surface area (Å²) in [5.74, 6) is -2.10. The zero-order valence-corrected chi connectivity index (χ0v) is 11.4. The van der Waals surface area contributed by atoms with E-state index in [4.69, 9.17) is 33.0 Å². The van der Waals surface area contributed by atoms with Gasteiger partial charge in [0.05, 0.1) is 27.3 Å². The molecule has 0 amide bonds. The molecule has 1 atom stereocenters. The molecule has 18 heavy (non-hydrogen) atoms. The molecule has 1 unspecified atom stereocenters. The first kappa shape index (κ1) is 14.8. The Morgan fingerprint density at radius 2 is 1.78 bits per heavy atom. The van der Waals surface area contributed by atoms with Crippen LogP contribution in [0.1, 0.15) is 41.0 Å². The van der Waals surface area contributed by atoms with E-state index in [-0.39, 0.29) is 27.3 Å². The molecule has 0 saturated carbocycles. The van der Waals surface area contributed by atoms with Gasteiger partial charge in [0.1, 0.15) is 0 Å². The fraction of sp³-hybridized carbons (Fsp3) is 0.333. The van der Waals surface area contributed by atoms with E-state index in [1.807, 2.05) is 6.92 Å². The van der Waals surface area contributed by atoms with Gasteiger partial charge in [-0.1, -0.05) is 30.1 Å². The molecule has 0 aliphatic rings. The van der Waals surface area contributed by atoms with Crippen molar-refractivity contribution in [1.82, 2.24) is 0 Å². The predicted octanol–water partition coefficient (Wildman–Crippen LogP) is 3.65. The maximum Gasteiger partial charge on any atom is 0.340 e. The molecule has 0 saturated heterocycles. The quantitative estimate of drug-likeness (QED) is 0.860. The van der Waals surface area contributed by atoms with Crippen molar-refractivity contribution in [2.75, 3.05) is 0 Å². The summed E-state index contributed by atoms with van der Waals surface area (Å²) in [4.78, 5) is 23.0. The number of benzene rings is 1. The summed E-state index contributed by atoms with van der Waals surface area (Å²) in [5.41, 5.74) is -0.547. The van der Waals surface area contributed by atoms with Crippen molar-refractivity contribution in [3.05, 3.63) is 33.3 Å². The largest absolute Gasteiger partial charge is 0.478 e. The molecule has 6 heteroatoms. The number of hydrogen-bond donors (Lipinski definition) is 1. The lowest BCUT2D eigenvalue weighted by Crippen LogP contribution is -2.18. The van der Waals surface area contributed by atoms with Crippen LogP contribution in [0.4, 0.5) is 0 Å². The van der Waals surface area contributed by atoms with Crippen LogP contribution in [0.25, 0.3) is 0 Å². The first-order valence-corrected chi connectivity index (χ1v) is 6.06. The maximum absolute atomic E-state index is 11.9. The van der Waals surface area contributed by atoms with Crippen LogP contribution in [0, 0.1) is 0 Å². The van der Waals surface area contributed by atoms with Crippen LogP contribution in [0.3, 0.4) is 0 Å². The van der Waals surface area contributed by atoms with Gasteiger partial charge in [-0.25, -0.2) is 9.59 Å². The fourth-order valence-electron chi connectivity index (χ4n) is 1.29. The van der Waals surface area contributed by atoms with Crippen LogP contribution in [0.2, 0.25) is 10.0 Å². The second-order valence-corrected chi connectivity index (χ2v) is 4.52. The van der Waals surface area contributed by atoms with Gasteiger partial charge in [0, 0.05) is 0 Å². The molecule has 0 fully saturated rings. The van der Waals surface area contributed by atoms with E-state index in [9.17, 15) is 9.59 Å². The van der Waals surface area contributed by atoms with Gasteiger partial charge in [0.25, 0.3) is 0 Å².